The summed E-state index contributed by atoms with van der Waals surface area (Å²) in [5, 5.41) is 0. The van der Waals surface area contributed by atoms with Gasteiger partial charge in [0.15, 0.2) is 0 Å². The Hall–Kier alpha value is -1.80. The molecule has 1 unspecified atom stereocenters. The second-order valence-corrected chi connectivity index (χ2v) is 5.25. The zero-order valence-electron chi connectivity index (χ0n) is 11.1. The molecule has 0 aromatic heterocycles. The largest absolute Gasteiger partial charge is 0.330 e. The first-order valence-corrected chi connectivity index (χ1v) is 7.33. The van der Waals surface area contributed by atoms with Gasteiger partial charge in [0.1, 0.15) is 5.88 Å². The lowest BCUT2D eigenvalue weighted by molar-refractivity contribution is -0.130. The smallest absolute Gasteiger partial charge is 0.238 e. The van der Waals surface area contributed by atoms with Crippen LogP contribution in [-0.4, -0.2) is 23.2 Å². The summed E-state index contributed by atoms with van der Waals surface area (Å²) in [6, 6.07) is 18.5. The Balaban J connectivity index is 2.10. The van der Waals surface area contributed by atoms with Gasteiger partial charge in [-0.3, -0.25) is 4.79 Å². The van der Waals surface area contributed by atoms with Crippen LogP contribution in [0.25, 0.3) is 0 Å². The Morgan fingerprint density at radius 3 is 2.55 bits per heavy atom. The summed E-state index contributed by atoms with van der Waals surface area (Å²) in [7, 11) is 0. The monoisotopic (exact) mass is 285 g/mol. The standard InChI is InChI=1S/C17H16ClNO/c18-12-16(20)19-11-10-13-6-4-5-9-15(13)17(19)14-7-2-1-3-8-14/h1-9,17H,10-12H2. The van der Waals surface area contributed by atoms with Gasteiger partial charge in [0.25, 0.3) is 0 Å². The number of carbonyl (C=O) groups is 1. The SMILES string of the molecule is O=C(CCl)N1CCc2ccccc2C1c1ccccc1. The number of carbonyl (C=O) groups excluding carboxylic acids is 1. The highest BCUT2D eigenvalue weighted by Crippen LogP contribution is 2.35. The number of benzene rings is 2. The molecule has 0 saturated heterocycles. The van der Waals surface area contributed by atoms with Crippen LogP contribution in [0, 0.1) is 0 Å². The second-order valence-electron chi connectivity index (χ2n) is 4.98. The maximum Gasteiger partial charge on any atom is 0.238 e. The molecule has 0 radical (unpaired) electrons. The van der Waals surface area contributed by atoms with E-state index in [1.54, 1.807) is 0 Å². The third-order valence-electron chi connectivity index (χ3n) is 3.83. The van der Waals surface area contributed by atoms with E-state index in [-0.39, 0.29) is 17.8 Å². The predicted molar refractivity (Wildman–Crippen MR) is 80.9 cm³/mol. The van der Waals surface area contributed by atoms with E-state index in [4.69, 9.17) is 11.6 Å². The van der Waals surface area contributed by atoms with E-state index in [1.165, 1.54) is 11.1 Å². The Morgan fingerprint density at radius 2 is 1.80 bits per heavy atom. The Labute approximate surface area is 124 Å². The fraction of sp³-hybridized carbons (Fsp3) is 0.235. The van der Waals surface area contributed by atoms with Crippen LogP contribution in [-0.2, 0) is 11.2 Å². The van der Waals surface area contributed by atoms with E-state index >= 15 is 0 Å². The molecular weight excluding hydrogens is 270 g/mol. The highest BCUT2D eigenvalue weighted by Gasteiger charge is 2.31. The number of halogens is 1. The zero-order chi connectivity index (χ0) is 13.9. The summed E-state index contributed by atoms with van der Waals surface area (Å²) in [5.74, 6) is 0.0286. The first-order valence-electron chi connectivity index (χ1n) is 6.79. The van der Waals surface area contributed by atoms with Gasteiger partial charge in [-0.2, -0.15) is 0 Å². The van der Waals surface area contributed by atoms with Crippen LogP contribution in [0.2, 0.25) is 0 Å². The van der Waals surface area contributed by atoms with Gasteiger partial charge in [-0.25, -0.2) is 0 Å². The van der Waals surface area contributed by atoms with Gasteiger partial charge in [0, 0.05) is 6.54 Å². The number of alkyl halides is 1. The molecule has 102 valence electrons. The van der Waals surface area contributed by atoms with Crippen LogP contribution in [0.5, 0.6) is 0 Å². The molecule has 3 rings (SSSR count). The second kappa shape index (κ2) is 5.68. The van der Waals surface area contributed by atoms with Gasteiger partial charge in [-0.1, -0.05) is 54.6 Å². The molecule has 2 nitrogen and oxygen atoms in total. The number of hydrogen-bond donors (Lipinski definition) is 0. The van der Waals surface area contributed by atoms with Gasteiger partial charge in [-0.05, 0) is 23.1 Å². The fourth-order valence-corrected chi connectivity index (χ4v) is 3.06. The molecule has 2 aromatic rings. The molecular formula is C17H16ClNO. The molecule has 0 saturated carbocycles. The molecule has 0 aliphatic carbocycles. The molecule has 0 spiro atoms. The molecule has 3 heteroatoms. The topological polar surface area (TPSA) is 20.3 Å². The minimum absolute atomic E-state index is 0.00461. The summed E-state index contributed by atoms with van der Waals surface area (Å²) in [6.45, 7) is 0.724. The van der Waals surface area contributed by atoms with Gasteiger partial charge < -0.3 is 4.90 Å². The summed E-state index contributed by atoms with van der Waals surface area (Å²) in [5.41, 5.74) is 3.67. The van der Waals surface area contributed by atoms with E-state index in [0.29, 0.717) is 0 Å². The lowest BCUT2D eigenvalue weighted by Gasteiger charge is -2.37. The Kier molecular flexibility index (Phi) is 3.75. The maximum atomic E-state index is 12.2. The van der Waals surface area contributed by atoms with Crippen molar-refractivity contribution < 1.29 is 4.79 Å². The molecule has 1 atom stereocenters. The molecule has 0 N–H and O–H groups in total. The molecule has 1 amide bonds. The molecule has 0 fully saturated rings. The van der Waals surface area contributed by atoms with Crippen molar-refractivity contribution in [3.8, 4) is 0 Å². The summed E-state index contributed by atoms with van der Waals surface area (Å²) < 4.78 is 0. The lowest BCUT2D eigenvalue weighted by Crippen LogP contribution is -2.41. The number of rotatable bonds is 2. The third-order valence-corrected chi connectivity index (χ3v) is 4.06. The summed E-state index contributed by atoms with van der Waals surface area (Å²) >= 11 is 5.77. The highest BCUT2D eigenvalue weighted by molar-refractivity contribution is 6.27. The van der Waals surface area contributed by atoms with Crippen LogP contribution in [0.4, 0.5) is 0 Å². The van der Waals surface area contributed by atoms with Crippen LogP contribution >= 0.6 is 11.6 Å². The minimum atomic E-state index is -0.0209. The van der Waals surface area contributed by atoms with Crippen molar-refractivity contribution in [2.45, 2.75) is 12.5 Å². The molecule has 0 bridgehead atoms. The average Bonchev–Trinajstić information content (AvgIpc) is 2.53. The van der Waals surface area contributed by atoms with Gasteiger partial charge in [0.2, 0.25) is 5.91 Å². The number of fused-ring (bicyclic) bond motifs is 1. The molecule has 1 aliphatic heterocycles. The van der Waals surface area contributed by atoms with Crippen molar-refractivity contribution in [1.29, 1.82) is 0 Å². The van der Waals surface area contributed by atoms with Gasteiger partial charge >= 0.3 is 0 Å². The molecule has 20 heavy (non-hydrogen) atoms. The van der Waals surface area contributed by atoms with Crippen LogP contribution in [0.1, 0.15) is 22.7 Å². The molecule has 2 aromatic carbocycles. The number of amides is 1. The first-order chi connectivity index (χ1) is 9.81. The van der Waals surface area contributed by atoms with E-state index in [0.717, 1.165) is 18.5 Å². The summed E-state index contributed by atoms with van der Waals surface area (Å²) in [6.07, 6.45) is 0.891. The third kappa shape index (κ3) is 2.32. The van der Waals surface area contributed by atoms with Crippen molar-refractivity contribution >= 4 is 17.5 Å². The maximum absolute atomic E-state index is 12.2. The average molecular weight is 286 g/mol. The molecule has 1 aliphatic rings. The van der Waals surface area contributed by atoms with E-state index in [9.17, 15) is 4.79 Å². The van der Waals surface area contributed by atoms with E-state index < -0.39 is 0 Å². The van der Waals surface area contributed by atoms with Crippen LogP contribution in [0.3, 0.4) is 0 Å². The predicted octanol–water partition coefficient (Wildman–Crippen LogP) is 3.40. The van der Waals surface area contributed by atoms with Crippen LogP contribution in [0.15, 0.2) is 54.6 Å². The highest BCUT2D eigenvalue weighted by atomic mass is 35.5. The normalized spacial score (nSPS) is 17.6. The Bertz CT molecular complexity index is 611. The van der Waals surface area contributed by atoms with Gasteiger partial charge in [0.05, 0.1) is 6.04 Å². The minimum Gasteiger partial charge on any atom is -0.330 e. The first kappa shape index (κ1) is 13.2. The van der Waals surface area contributed by atoms with Crippen molar-refractivity contribution in [3.05, 3.63) is 71.3 Å². The Morgan fingerprint density at radius 1 is 1.10 bits per heavy atom. The summed E-state index contributed by atoms with van der Waals surface area (Å²) in [4.78, 5) is 14.0. The zero-order valence-corrected chi connectivity index (χ0v) is 11.9. The van der Waals surface area contributed by atoms with E-state index in [1.807, 2.05) is 29.2 Å². The van der Waals surface area contributed by atoms with E-state index in [2.05, 4.69) is 30.3 Å². The van der Waals surface area contributed by atoms with Crippen molar-refractivity contribution in [1.82, 2.24) is 4.90 Å². The lowest BCUT2D eigenvalue weighted by atomic mass is 9.88. The number of nitrogens with zero attached hydrogens (tertiary/aromatic N) is 1. The van der Waals surface area contributed by atoms with Crippen molar-refractivity contribution in [3.63, 3.8) is 0 Å². The van der Waals surface area contributed by atoms with Crippen LogP contribution < -0.4 is 0 Å². The molecule has 1 heterocycles. The quantitative estimate of drug-likeness (QED) is 0.775. The van der Waals surface area contributed by atoms with Crippen molar-refractivity contribution in [2.75, 3.05) is 12.4 Å². The van der Waals surface area contributed by atoms with Crippen molar-refractivity contribution in [2.24, 2.45) is 0 Å². The van der Waals surface area contributed by atoms with Gasteiger partial charge in [-0.15, -0.1) is 11.6 Å². The number of hydrogen-bond acceptors (Lipinski definition) is 1. The fourth-order valence-electron chi connectivity index (χ4n) is 2.91.